The zero-order valence-electron chi connectivity index (χ0n) is 13.3. The van der Waals surface area contributed by atoms with Gasteiger partial charge in [-0.2, -0.15) is 0 Å². The van der Waals surface area contributed by atoms with Crippen LogP contribution in [0.4, 0.5) is 0 Å². The number of sulfone groups is 1. The Balaban J connectivity index is 2.04. The molecule has 1 aliphatic heterocycles. The van der Waals surface area contributed by atoms with Crippen molar-refractivity contribution in [2.24, 2.45) is 0 Å². The molecule has 0 saturated carbocycles. The predicted octanol–water partition coefficient (Wildman–Crippen LogP) is 1.65. The van der Waals surface area contributed by atoms with Gasteiger partial charge in [-0.25, -0.2) is 13.2 Å². The van der Waals surface area contributed by atoms with Crippen molar-refractivity contribution in [3.8, 4) is 0 Å². The van der Waals surface area contributed by atoms with E-state index in [0.29, 0.717) is 6.54 Å². The van der Waals surface area contributed by atoms with E-state index in [4.69, 9.17) is 4.74 Å². The third-order valence-electron chi connectivity index (χ3n) is 3.96. The number of amides is 1. The van der Waals surface area contributed by atoms with E-state index in [9.17, 15) is 18.0 Å². The molecule has 2 rings (SSSR count). The number of nitrogens with zero attached hydrogens (tertiary/aromatic N) is 1. The summed E-state index contributed by atoms with van der Waals surface area (Å²) in [5.74, 6) is -1.05. The number of likely N-dealkylation sites (tertiary alicyclic amines) is 1. The molecule has 0 bridgehead atoms. The van der Waals surface area contributed by atoms with E-state index in [2.05, 4.69) is 0 Å². The number of piperidine rings is 1. The molecule has 0 radical (unpaired) electrons. The topological polar surface area (TPSA) is 80.8 Å². The Morgan fingerprint density at radius 2 is 1.96 bits per heavy atom. The van der Waals surface area contributed by atoms with Crippen molar-refractivity contribution in [1.82, 2.24) is 4.90 Å². The van der Waals surface area contributed by atoms with Gasteiger partial charge in [0.15, 0.2) is 16.4 Å². The summed E-state index contributed by atoms with van der Waals surface area (Å²) in [6.45, 7) is 2.26. The van der Waals surface area contributed by atoms with Crippen molar-refractivity contribution in [2.75, 3.05) is 19.4 Å². The van der Waals surface area contributed by atoms with Crippen molar-refractivity contribution in [3.63, 3.8) is 0 Å². The van der Waals surface area contributed by atoms with Gasteiger partial charge >= 0.3 is 5.97 Å². The van der Waals surface area contributed by atoms with E-state index >= 15 is 0 Å². The first-order valence-corrected chi connectivity index (χ1v) is 9.45. The Hall–Kier alpha value is -1.89. The molecule has 1 amide bonds. The van der Waals surface area contributed by atoms with Gasteiger partial charge in [-0.3, -0.25) is 4.79 Å². The smallest absolute Gasteiger partial charge is 0.339 e. The Bertz CT molecular complexity index is 698. The summed E-state index contributed by atoms with van der Waals surface area (Å²) in [5.41, 5.74) is -0.0468. The Morgan fingerprint density at radius 3 is 2.61 bits per heavy atom. The molecule has 1 heterocycles. The van der Waals surface area contributed by atoms with Crippen molar-refractivity contribution in [2.45, 2.75) is 37.1 Å². The highest BCUT2D eigenvalue weighted by atomic mass is 32.2. The minimum absolute atomic E-state index is 0.0468. The fourth-order valence-electron chi connectivity index (χ4n) is 2.72. The summed E-state index contributed by atoms with van der Waals surface area (Å²) in [5, 5.41) is 0. The zero-order chi connectivity index (χ0) is 17.0. The second-order valence-electron chi connectivity index (χ2n) is 5.78. The first-order valence-electron chi connectivity index (χ1n) is 7.56. The zero-order valence-corrected chi connectivity index (χ0v) is 14.1. The summed E-state index contributed by atoms with van der Waals surface area (Å²) in [6, 6.07) is 5.96. The molecule has 6 nitrogen and oxygen atoms in total. The van der Waals surface area contributed by atoms with Gasteiger partial charge in [-0.15, -0.1) is 0 Å². The van der Waals surface area contributed by atoms with Crippen molar-refractivity contribution >= 4 is 21.7 Å². The molecular weight excluding hydrogens is 318 g/mol. The Morgan fingerprint density at radius 1 is 1.26 bits per heavy atom. The van der Waals surface area contributed by atoms with Crippen LogP contribution in [0.1, 0.15) is 36.5 Å². The lowest BCUT2D eigenvalue weighted by atomic mass is 10.0. The van der Waals surface area contributed by atoms with Crippen LogP contribution in [0.2, 0.25) is 0 Å². The fraction of sp³-hybridized carbons (Fsp3) is 0.500. The second-order valence-corrected chi connectivity index (χ2v) is 7.76. The largest absolute Gasteiger partial charge is 0.452 e. The van der Waals surface area contributed by atoms with Crippen LogP contribution in [0.3, 0.4) is 0 Å². The summed E-state index contributed by atoms with van der Waals surface area (Å²) in [7, 11) is -3.54. The normalized spacial score (nSPS) is 18.5. The summed E-state index contributed by atoms with van der Waals surface area (Å²) in [4.78, 5) is 25.9. The maximum atomic E-state index is 12.2. The maximum Gasteiger partial charge on any atom is 0.339 e. The molecule has 0 unspecified atom stereocenters. The average Bonchev–Trinajstić information content (AvgIpc) is 2.52. The summed E-state index contributed by atoms with van der Waals surface area (Å²) < 4.78 is 28.4. The number of benzene rings is 1. The van der Waals surface area contributed by atoms with Gasteiger partial charge in [-0.05, 0) is 38.3 Å². The number of hydrogen-bond acceptors (Lipinski definition) is 5. The van der Waals surface area contributed by atoms with Gasteiger partial charge in [0.05, 0.1) is 10.5 Å². The molecule has 1 fully saturated rings. The van der Waals surface area contributed by atoms with Crippen LogP contribution in [0.5, 0.6) is 0 Å². The lowest BCUT2D eigenvalue weighted by molar-refractivity contribution is -0.137. The first kappa shape index (κ1) is 17.5. The van der Waals surface area contributed by atoms with Crippen LogP contribution in [0.15, 0.2) is 29.2 Å². The number of rotatable bonds is 4. The van der Waals surface area contributed by atoms with Gasteiger partial charge in [-0.1, -0.05) is 12.1 Å². The van der Waals surface area contributed by atoms with Crippen LogP contribution in [-0.4, -0.2) is 50.6 Å². The molecule has 23 heavy (non-hydrogen) atoms. The highest BCUT2D eigenvalue weighted by Crippen LogP contribution is 2.18. The lowest BCUT2D eigenvalue weighted by Crippen LogP contribution is -2.44. The van der Waals surface area contributed by atoms with Crippen molar-refractivity contribution in [3.05, 3.63) is 29.8 Å². The van der Waals surface area contributed by atoms with E-state index in [1.165, 1.54) is 18.2 Å². The van der Waals surface area contributed by atoms with Gasteiger partial charge in [0.2, 0.25) is 0 Å². The number of hydrogen-bond donors (Lipinski definition) is 0. The molecule has 0 aliphatic carbocycles. The predicted molar refractivity (Wildman–Crippen MR) is 84.9 cm³/mol. The quantitative estimate of drug-likeness (QED) is 0.779. The van der Waals surface area contributed by atoms with Gasteiger partial charge < -0.3 is 9.64 Å². The molecule has 1 aromatic carbocycles. The fourth-order valence-corrected chi connectivity index (χ4v) is 3.59. The van der Waals surface area contributed by atoms with Crippen LogP contribution in [0.25, 0.3) is 0 Å². The van der Waals surface area contributed by atoms with Crippen molar-refractivity contribution in [1.29, 1.82) is 0 Å². The standard InChI is InChI=1S/C16H21NO5S/c1-12-7-5-6-10-17(12)15(18)11-22-16(19)13-8-3-4-9-14(13)23(2,20)21/h3-4,8-9,12H,5-7,10-11H2,1-2H3/t12-/m1/s1. The third-order valence-corrected chi connectivity index (χ3v) is 5.11. The molecule has 0 aromatic heterocycles. The molecule has 1 atom stereocenters. The minimum Gasteiger partial charge on any atom is -0.452 e. The molecule has 1 saturated heterocycles. The molecule has 1 aliphatic rings. The molecule has 1 aromatic rings. The summed E-state index contributed by atoms with van der Waals surface area (Å²) in [6.07, 6.45) is 4.00. The second kappa shape index (κ2) is 7.12. The maximum absolute atomic E-state index is 12.2. The van der Waals surface area contributed by atoms with Crippen LogP contribution >= 0.6 is 0 Å². The van der Waals surface area contributed by atoms with E-state index in [1.54, 1.807) is 11.0 Å². The first-order chi connectivity index (χ1) is 10.8. The molecule has 7 heteroatoms. The van der Waals surface area contributed by atoms with Gasteiger partial charge in [0.1, 0.15) is 0 Å². The molecule has 0 spiro atoms. The monoisotopic (exact) mass is 339 g/mol. The molecular formula is C16H21NO5S. The van der Waals surface area contributed by atoms with Crippen LogP contribution in [-0.2, 0) is 19.4 Å². The number of ether oxygens (including phenoxy) is 1. The Labute approximate surface area is 136 Å². The van der Waals surface area contributed by atoms with Gasteiger partial charge in [0, 0.05) is 18.8 Å². The molecule has 0 N–H and O–H groups in total. The van der Waals surface area contributed by atoms with E-state index in [0.717, 1.165) is 25.5 Å². The summed E-state index contributed by atoms with van der Waals surface area (Å²) >= 11 is 0. The SMILES string of the molecule is C[C@@H]1CCCCN1C(=O)COC(=O)c1ccccc1S(C)(=O)=O. The van der Waals surface area contributed by atoms with E-state index < -0.39 is 15.8 Å². The lowest BCUT2D eigenvalue weighted by Gasteiger charge is -2.33. The highest BCUT2D eigenvalue weighted by Gasteiger charge is 2.25. The minimum atomic E-state index is -3.54. The van der Waals surface area contributed by atoms with E-state index in [-0.39, 0.29) is 29.0 Å². The van der Waals surface area contributed by atoms with Crippen molar-refractivity contribution < 1.29 is 22.7 Å². The molecule has 126 valence electrons. The highest BCUT2D eigenvalue weighted by molar-refractivity contribution is 7.90. The average molecular weight is 339 g/mol. The van der Waals surface area contributed by atoms with Crippen LogP contribution < -0.4 is 0 Å². The van der Waals surface area contributed by atoms with Gasteiger partial charge in [0.25, 0.3) is 5.91 Å². The number of esters is 1. The Kier molecular flexibility index (Phi) is 5.41. The number of carbonyl (C=O) groups is 2. The number of carbonyl (C=O) groups excluding carboxylic acids is 2. The van der Waals surface area contributed by atoms with Crippen LogP contribution in [0, 0.1) is 0 Å². The third kappa shape index (κ3) is 4.31. The van der Waals surface area contributed by atoms with E-state index in [1.807, 2.05) is 6.92 Å².